The van der Waals surface area contributed by atoms with E-state index in [9.17, 15) is 0 Å². The van der Waals surface area contributed by atoms with Gasteiger partial charge in [-0.1, -0.05) is 52.4 Å². The SMILES string of the molecule is CC1CCCO1.CCCCCCCC. The van der Waals surface area contributed by atoms with Crippen molar-refractivity contribution in [3.05, 3.63) is 0 Å². The van der Waals surface area contributed by atoms with Gasteiger partial charge in [0.15, 0.2) is 0 Å². The lowest BCUT2D eigenvalue weighted by atomic mass is 10.1. The maximum absolute atomic E-state index is 5.15. The molecule has 1 rings (SSSR count). The van der Waals surface area contributed by atoms with Crippen molar-refractivity contribution in [3.8, 4) is 0 Å². The molecule has 0 aliphatic carbocycles. The van der Waals surface area contributed by atoms with Crippen LogP contribution in [0.5, 0.6) is 0 Å². The standard InChI is InChI=1S/C8H18.C5H10O/c1-3-5-7-8-6-4-2;1-5-3-2-4-6-5/h3-8H2,1-2H3;5H,2-4H2,1H3. The fraction of sp³-hybridized carbons (Fsp3) is 1.00. The zero-order valence-corrected chi connectivity index (χ0v) is 10.3. The zero-order valence-electron chi connectivity index (χ0n) is 10.3. The van der Waals surface area contributed by atoms with Gasteiger partial charge in [-0.05, 0) is 19.8 Å². The molecule has 0 spiro atoms. The van der Waals surface area contributed by atoms with Crippen LogP contribution in [0.25, 0.3) is 0 Å². The fourth-order valence-corrected chi connectivity index (χ4v) is 1.59. The Balaban J connectivity index is 0.000000249. The smallest absolute Gasteiger partial charge is 0.0547 e. The van der Waals surface area contributed by atoms with Gasteiger partial charge in [-0.15, -0.1) is 0 Å². The van der Waals surface area contributed by atoms with E-state index < -0.39 is 0 Å². The summed E-state index contributed by atoms with van der Waals surface area (Å²) in [6.45, 7) is 7.62. The summed E-state index contributed by atoms with van der Waals surface area (Å²) in [5.74, 6) is 0. The monoisotopic (exact) mass is 200 g/mol. The highest BCUT2D eigenvalue weighted by Gasteiger charge is 2.07. The highest BCUT2D eigenvalue weighted by Crippen LogP contribution is 2.09. The predicted molar refractivity (Wildman–Crippen MR) is 63.7 cm³/mol. The lowest BCUT2D eigenvalue weighted by Gasteiger charge is -1.94. The molecule has 1 unspecified atom stereocenters. The fourth-order valence-electron chi connectivity index (χ4n) is 1.59. The number of ether oxygens (including phenoxy) is 1. The topological polar surface area (TPSA) is 9.23 Å². The minimum atomic E-state index is 0.546. The Kier molecular flexibility index (Phi) is 11.0. The second-order valence-electron chi connectivity index (χ2n) is 4.24. The van der Waals surface area contributed by atoms with Crippen LogP contribution in [0, 0.1) is 0 Å². The van der Waals surface area contributed by atoms with Crippen molar-refractivity contribution in [1.29, 1.82) is 0 Å². The van der Waals surface area contributed by atoms with Gasteiger partial charge < -0.3 is 4.74 Å². The van der Waals surface area contributed by atoms with E-state index in [-0.39, 0.29) is 0 Å². The van der Waals surface area contributed by atoms with Gasteiger partial charge in [-0.25, -0.2) is 0 Å². The van der Waals surface area contributed by atoms with Gasteiger partial charge >= 0.3 is 0 Å². The third kappa shape index (κ3) is 10.0. The second kappa shape index (κ2) is 11.0. The Hall–Kier alpha value is -0.0400. The minimum absolute atomic E-state index is 0.546. The summed E-state index contributed by atoms with van der Waals surface area (Å²) in [6.07, 6.45) is 11.6. The van der Waals surface area contributed by atoms with E-state index in [1.807, 2.05) is 0 Å². The van der Waals surface area contributed by atoms with Gasteiger partial charge in [0, 0.05) is 6.61 Å². The first-order chi connectivity index (χ1) is 6.81. The normalized spacial score (nSPS) is 20.4. The molecular weight excluding hydrogens is 172 g/mol. The molecule has 86 valence electrons. The summed E-state index contributed by atoms with van der Waals surface area (Å²) >= 11 is 0. The van der Waals surface area contributed by atoms with Crippen LogP contribution in [0.4, 0.5) is 0 Å². The zero-order chi connectivity index (χ0) is 10.6. The van der Waals surface area contributed by atoms with Crippen molar-refractivity contribution in [2.24, 2.45) is 0 Å². The maximum atomic E-state index is 5.15. The highest BCUT2D eigenvalue weighted by atomic mass is 16.5. The molecule has 0 aromatic rings. The summed E-state index contributed by atoms with van der Waals surface area (Å²) in [5, 5.41) is 0. The van der Waals surface area contributed by atoms with Crippen molar-refractivity contribution >= 4 is 0 Å². The summed E-state index contributed by atoms with van der Waals surface area (Å²) in [4.78, 5) is 0. The number of rotatable bonds is 5. The molecule has 1 saturated heterocycles. The largest absolute Gasteiger partial charge is 0.379 e. The Morgan fingerprint density at radius 3 is 1.79 bits per heavy atom. The summed E-state index contributed by atoms with van der Waals surface area (Å²) in [7, 11) is 0. The lowest BCUT2D eigenvalue weighted by molar-refractivity contribution is 0.125. The second-order valence-corrected chi connectivity index (χ2v) is 4.24. The summed E-state index contributed by atoms with van der Waals surface area (Å²) in [5.41, 5.74) is 0. The summed E-state index contributed by atoms with van der Waals surface area (Å²) in [6, 6.07) is 0. The van der Waals surface area contributed by atoms with Crippen LogP contribution in [0.3, 0.4) is 0 Å². The van der Waals surface area contributed by atoms with Crippen LogP contribution in [0.15, 0.2) is 0 Å². The van der Waals surface area contributed by atoms with Gasteiger partial charge in [-0.3, -0.25) is 0 Å². The molecule has 0 radical (unpaired) electrons. The van der Waals surface area contributed by atoms with Gasteiger partial charge in [0.1, 0.15) is 0 Å². The van der Waals surface area contributed by atoms with E-state index in [2.05, 4.69) is 20.8 Å². The Bertz CT molecular complexity index is 89.4. The molecule has 1 aliphatic rings. The van der Waals surface area contributed by atoms with E-state index in [1.54, 1.807) is 0 Å². The molecule has 1 atom stereocenters. The van der Waals surface area contributed by atoms with Gasteiger partial charge in [0.2, 0.25) is 0 Å². The van der Waals surface area contributed by atoms with E-state index in [1.165, 1.54) is 51.4 Å². The number of hydrogen-bond donors (Lipinski definition) is 0. The highest BCUT2D eigenvalue weighted by molar-refractivity contribution is 4.56. The molecular formula is C13H28O. The first-order valence-corrected chi connectivity index (χ1v) is 6.42. The molecule has 0 aromatic carbocycles. The molecule has 0 saturated carbocycles. The molecule has 0 N–H and O–H groups in total. The molecule has 0 bridgehead atoms. The van der Waals surface area contributed by atoms with Crippen LogP contribution in [0.2, 0.25) is 0 Å². The quantitative estimate of drug-likeness (QED) is 0.591. The van der Waals surface area contributed by atoms with E-state index in [4.69, 9.17) is 4.74 Å². The van der Waals surface area contributed by atoms with E-state index in [0.29, 0.717) is 6.10 Å². The molecule has 0 amide bonds. The van der Waals surface area contributed by atoms with Crippen molar-refractivity contribution in [3.63, 3.8) is 0 Å². The van der Waals surface area contributed by atoms with Gasteiger partial charge in [0.05, 0.1) is 6.10 Å². The first kappa shape index (κ1) is 14.0. The molecule has 1 heteroatoms. The molecule has 14 heavy (non-hydrogen) atoms. The Morgan fingerprint density at radius 1 is 1.00 bits per heavy atom. The third-order valence-corrected chi connectivity index (χ3v) is 2.61. The van der Waals surface area contributed by atoms with Crippen LogP contribution < -0.4 is 0 Å². The van der Waals surface area contributed by atoms with Crippen LogP contribution in [-0.4, -0.2) is 12.7 Å². The van der Waals surface area contributed by atoms with Gasteiger partial charge in [-0.2, -0.15) is 0 Å². The van der Waals surface area contributed by atoms with Crippen LogP contribution in [-0.2, 0) is 4.74 Å². The molecule has 0 aromatic heterocycles. The molecule has 1 heterocycles. The van der Waals surface area contributed by atoms with Crippen molar-refractivity contribution in [2.45, 2.75) is 78.2 Å². The molecule has 1 fully saturated rings. The maximum Gasteiger partial charge on any atom is 0.0547 e. The molecule has 1 nitrogen and oxygen atoms in total. The van der Waals surface area contributed by atoms with Crippen LogP contribution >= 0.6 is 0 Å². The Morgan fingerprint density at radius 2 is 1.57 bits per heavy atom. The Labute approximate surface area is 90.2 Å². The van der Waals surface area contributed by atoms with Crippen molar-refractivity contribution in [1.82, 2.24) is 0 Å². The minimum Gasteiger partial charge on any atom is -0.379 e. The first-order valence-electron chi connectivity index (χ1n) is 6.42. The van der Waals surface area contributed by atoms with Crippen LogP contribution in [0.1, 0.15) is 72.1 Å². The molecule has 1 aliphatic heterocycles. The average molecular weight is 200 g/mol. The van der Waals surface area contributed by atoms with E-state index in [0.717, 1.165) is 6.61 Å². The average Bonchev–Trinajstić information content (AvgIpc) is 2.65. The third-order valence-electron chi connectivity index (χ3n) is 2.61. The summed E-state index contributed by atoms with van der Waals surface area (Å²) < 4.78 is 5.15. The predicted octanol–water partition coefficient (Wildman–Crippen LogP) is 4.55. The van der Waals surface area contributed by atoms with Crippen molar-refractivity contribution < 1.29 is 4.74 Å². The van der Waals surface area contributed by atoms with Crippen molar-refractivity contribution in [2.75, 3.05) is 6.61 Å². The number of unbranched alkanes of at least 4 members (excludes halogenated alkanes) is 5. The van der Waals surface area contributed by atoms with E-state index >= 15 is 0 Å². The lowest BCUT2D eigenvalue weighted by Crippen LogP contribution is -1.94. The van der Waals surface area contributed by atoms with Gasteiger partial charge in [0.25, 0.3) is 0 Å². The number of hydrogen-bond acceptors (Lipinski definition) is 1.